The van der Waals surface area contributed by atoms with Gasteiger partial charge < -0.3 is 9.47 Å². The number of nitrogens with zero attached hydrogens (tertiary/aromatic N) is 1. The predicted octanol–water partition coefficient (Wildman–Crippen LogP) is 5.41. The summed E-state index contributed by atoms with van der Waals surface area (Å²) in [7, 11) is 0. The summed E-state index contributed by atoms with van der Waals surface area (Å²) >= 11 is 6.77. The van der Waals surface area contributed by atoms with E-state index < -0.39 is 0 Å². The Morgan fingerprint density at radius 1 is 0.879 bits per heavy atom. The van der Waals surface area contributed by atoms with Gasteiger partial charge in [0.2, 0.25) is 0 Å². The third-order valence-electron chi connectivity index (χ3n) is 6.84. The number of carbonyl (C=O) groups excluding carboxylic acids is 1. The maximum Gasteiger partial charge on any atom is 0.179 e. The molecule has 0 saturated carbocycles. The van der Waals surface area contributed by atoms with Crippen LogP contribution in [0.3, 0.4) is 0 Å². The highest BCUT2D eigenvalue weighted by Gasteiger charge is 2.28. The average molecular weight is 458 g/mol. The Kier molecular flexibility index (Phi) is 6.34. The van der Waals surface area contributed by atoms with Crippen molar-refractivity contribution in [3.63, 3.8) is 0 Å². The molecule has 0 atom stereocenters. The minimum absolute atomic E-state index is 0.258. The Morgan fingerprint density at radius 2 is 1.52 bits per heavy atom. The molecule has 0 fully saturated rings. The van der Waals surface area contributed by atoms with Gasteiger partial charge in [-0.15, -0.1) is 0 Å². The number of hydrogen-bond donors (Lipinski definition) is 1. The summed E-state index contributed by atoms with van der Waals surface area (Å²) in [6, 6.07) is 25.6. The topological polar surface area (TPSA) is 26.4 Å². The largest absolute Gasteiger partial charge is 0.332 e. The third kappa shape index (κ3) is 4.48. The molecule has 3 nitrogen and oxygen atoms in total. The molecule has 1 aliphatic rings. The third-order valence-corrected chi connectivity index (χ3v) is 7.33. The van der Waals surface area contributed by atoms with Gasteiger partial charge in [0.15, 0.2) is 5.78 Å². The summed E-state index contributed by atoms with van der Waals surface area (Å²) in [5.74, 6) is 0.258. The zero-order chi connectivity index (χ0) is 22.8. The smallest absolute Gasteiger partial charge is 0.179 e. The van der Waals surface area contributed by atoms with Crippen LogP contribution < -0.4 is 4.90 Å². The highest BCUT2D eigenvalue weighted by molar-refractivity contribution is 6.37. The second-order valence-corrected chi connectivity index (χ2v) is 9.55. The number of benzene rings is 3. The van der Waals surface area contributed by atoms with Crippen LogP contribution in [0.25, 0.3) is 10.9 Å². The van der Waals surface area contributed by atoms with Crippen LogP contribution in [0.2, 0.25) is 5.02 Å². The lowest BCUT2D eigenvalue weighted by Gasteiger charge is -2.22. The molecular formula is C29H30ClN2O+. The quantitative estimate of drug-likeness (QED) is 0.394. The molecular weight excluding hydrogens is 428 g/mol. The van der Waals surface area contributed by atoms with E-state index in [0.29, 0.717) is 6.42 Å². The van der Waals surface area contributed by atoms with Crippen molar-refractivity contribution >= 4 is 28.3 Å². The fourth-order valence-corrected chi connectivity index (χ4v) is 5.47. The van der Waals surface area contributed by atoms with E-state index in [4.69, 9.17) is 11.6 Å². The first-order valence-corrected chi connectivity index (χ1v) is 12.2. The lowest BCUT2D eigenvalue weighted by Crippen LogP contribution is -3.09. The molecule has 0 aliphatic heterocycles. The first-order chi connectivity index (χ1) is 16.1. The van der Waals surface area contributed by atoms with Crippen molar-refractivity contribution in [3.05, 3.63) is 106 Å². The first-order valence-electron chi connectivity index (χ1n) is 11.9. The van der Waals surface area contributed by atoms with Crippen LogP contribution in [0.4, 0.5) is 0 Å². The molecule has 1 N–H and O–H groups in total. The van der Waals surface area contributed by atoms with E-state index in [0.717, 1.165) is 71.8 Å². The molecule has 33 heavy (non-hydrogen) atoms. The number of aryl methyl sites for hydroxylation is 2. The molecule has 1 heterocycles. The minimum atomic E-state index is 0.258. The fraction of sp³-hybridized carbons (Fsp3) is 0.276. The standard InChI is InChI=1S/C29H29ClN2O/c1-21-15-16-25-27(28(21)30)24-13-8-14-26(33)29(24)32(25)18-17-31(19-22-9-4-2-5-10-22)20-23-11-6-3-7-12-23/h2-7,9-12,15-16H,8,13-14,17-20H2,1H3/p+1. The summed E-state index contributed by atoms with van der Waals surface area (Å²) in [4.78, 5) is 14.5. The van der Waals surface area contributed by atoms with E-state index in [2.05, 4.69) is 77.4 Å². The van der Waals surface area contributed by atoms with E-state index >= 15 is 0 Å². The number of carbonyl (C=O) groups is 1. The number of fused-ring (bicyclic) bond motifs is 3. The summed E-state index contributed by atoms with van der Waals surface area (Å²) in [6.07, 6.45) is 2.47. The van der Waals surface area contributed by atoms with Crippen LogP contribution in [0.15, 0.2) is 72.8 Å². The van der Waals surface area contributed by atoms with Crippen LogP contribution in [0, 0.1) is 6.92 Å². The Bertz CT molecular complexity index is 1240. The van der Waals surface area contributed by atoms with Crippen LogP contribution in [0.5, 0.6) is 0 Å². The second kappa shape index (κ2) is 9.54. The Balaban J connectivity index is 1.49. The van der Waals surface area contributed by atoms with Crippen LogP contribution >= 0.6 is 11.6 Å². The van der Waals surface area contributed by atoms with Crippen molar-refractivity contribution in [1.29, 1.82) is 0 Å². The molecule has 4 heteroatoms. The molecule has 1 aliphatic carbocycles. The molecule has 0 amide bonds. The normalized spacial score (nSPS) is 13.6. The van der Waals surface area contributed by atoms with Crippen molar-refractivity contribution in [2.75, 3.05) is 6.54 Å². The number of ketones is 1. The molecule has 4 aromatic rings. The SMILES string of the molecule is Cc1ccc2c(c1Cl)c1c(n2CC[NH+](Cc2ccccc2)Cc2ccccc2)C(=O)CCC1. The number of aromatic nitrogens is 1. The Morgan fingerprint density at radius 3 is 2.15 bits per heavy atom. The maximum atomic E-state index is 13.0. The van der Waals surface area contributed by atoms with Gasteiger partial charge in [-0.25, -0.2) is 0 Å². The van der Waals surface area contributed by atoms with Gasteiger partial charge in [-0.2, -0.15) is 0 Å². The van der Waals surface area contributed by atoms with Gasteiger partial charge in [-0.1, -0.05) is 78.3 Å². The zero-order valence-corrected chi connectivity index (χ0v) is 19.9. The van der Waals surface area contributed by atoms with Crippen LogP contribution in [-0.2, 0) is 26.1 Å². The van der Waals surface area contributed by atoms with Crippen molar-refractivity contribution in [2.24, 2.45) is 0 Å². The highest BCUT2D eigenvalue weighted by atomic mass is 35.5. The highest BCUT2D eigenvalue weighted by Crippen LogP contribution is 2.37. The molecule has 0 bridgehead atoms. The first kappa shape index (κ1) is 21.9. The minimum Gasteiger partial charge on any atom is -0.332 e. The summed E-state index contributed by atoms with van der Waals surface area (Å²) < 4.78 is 2.26. The van der Waals surface area contributed by atoms with Gasteiger partial charge in [0.05, 0.1) is 29.3 Å². The number of halogens is 1. The summed E-state index contributed by atoms with van der Waals surface area (Å²) in [5, 5.41) is 1.89. The van der Waals surface area contributed by atoms with E-state index in [1.807, 2.05) is 6.92 Å². The fourth-order valence-electron chi connectivity index (χ4n) is 5.20. The van der Waals surface area contributed by atoms with Crippen molar-refractivity contribution in [3.8, 4) is 0 Å². The van der Waals surface area contributed by atoms with Gasteiger partial charge >= 0.3 is 0 Å². The molecule has 168 valence electrons. The lowest BCUT2D eigenvalue weighted by molar-refractivity contribution is -0.928. The van der Waals surface area contributed by atoms with Crippen LogP contribution in [-0.4, -0.2) is 16.9 Å². The molecule has 0 spiro atoms. The average Bonchev–Trinajstić information content (AvgIpc) is 3.16. The zero-order valence-electron chi connectivity index (χ0n) is 19.1. The summed E-state index contributed by atoms with van der Waals surface area (Å²) in [6.45, 7) is 5.67. The molecule has 5 rings (SSSR count). The molecule has 3 aromatic carbocycles. The monoisotopic (exact) mass is 457 g/mol. The van der Waals surface area contributed by atoms with E-state index in [1.54, 1.807) is 0 Å². The number of rotatable bonds is 7. The second-order valence-electron chi connectivity index (χ2n) is 9.17. The number of nitrogens with one attached hydrogen (secondary N) is 1. The van der Waals surface area contributed by atoms with E-state index in [-0.39, 0.29) is 5.78 Å². The van der Waals surface area contributed by atoms with Crippen LogP contribution in [0.1, 0.15) is 45.6 Å². The van der Waals surface area contributed by atoms with Crippen molar-refractivity contribution in [2.45, 2.75) is 45.8 Å². The van der Waals surface area contributed by atoms with Gasteiger partial charge in [-0.05, 0) is 37.0 Å². The predicted molar refractivity (Wildman–Crippen MR) is 135 cm³/mol. The number of hydrogen-bond acceptors (Lipinski definition) is 1. The molecule has 1 aromatic heterocycles. The maximum absolute atomic E-state index is 13.0. The Hall–Kier alpha value is -2.88. The van der Waals surface area contributed by atoms with E-state index in [1.165, 1.54) is 16.0 Å². The van der Waals surface area contributed by atoms with Crippen molar-refractivity contribution in [1.82, 2.24) is 4.57 Å². The number of quaternary nitrogens is 1. The molecule has 0 radical (unpaired) electrons. The van der Waals surface area contributed by atoms with Gasteiger partial charge in [0, 0.05) is 22.9 Å². The molecule has 0 saturated heterocycles. The van der Waals surface area contributed by atoms with Gasteiger partial charge in [0.25, 0.3) is 0 Å². The van der Waals surface area contributed by atoms with Crippen molar-refractivity contribution < 1.29 is 9.69 Å². The summed E-state index contributed by atoms with van der Waals surface area (Å²) in [5.41, 5.74) is 6.88. The number of Topliss-reactive ketones (excluding diaryl/α,β-unsaturated/α-hetero) is 1. The Labute approximate surface area is 200 Å². The lowest BCUT2D eigenvalue weighted by atomic mass is 9.94. The van der Waals surface area contributed by atoms with E-state index in [9.17, 15) is 4.79 Å². The van der Waals surface area contributed by atoms with Gasteiger partial charge in [-0.3, -0.25) is 4.79 Å². The molecule has 0 unspecified atom stereocenters. The van der Waals surface area contributed by atoms with Gasteiger partial charge in [0.1, 0.15) is 13.1 Å².